The van der Waals surface area contributed by atoms with E-state index in [9.17, 15) is 26.7 Å². The van der Waals surface area contributed by atoms with Gasteiger partial charge in [0.1, 0.15) is 0 Å². The van der Waals surface area contributed by atoms with E-state index in [1.165, 1.54) is 0 Å². The van der Waals surface area contributed by atoms with Crippen molar-refractivity contribution < 1.29 is 26.7 Å². The first-order valence-corrected chi connectivity index (χ1v) is 8.06. The second-order valence-electron chi connectivity index (χ2n) is 5.11. The lowest BCUT2D eigenvalue weighted by molar-refractivity contribution is -0.137. The van der Waals surface area contributed by atoms with Gasteiger partial charge in [0, 0.05) is 6.04 Å². The number of sulfonamides is 1. The summed E-state index contributed by atoms with van der Waals surface area (Å²) in [5, 5.41) is 9.76. The van der Waals surface area contributed by atoms with E-state index in [0.717, 1.165) is 31.0 Å². The van der Waals surface area contributed by atoms with Crippen LogP contribution < -0.4 is 4.72 Å². The third-order valence-corrected chi connectivity index (χ3v) is 5.00. The summed E-state index contributed by atoms with van der Waals surface area (Å²) in [6.07, 6.45) is -2.87. The molecular weight excluding hydrogens is 307 g/mol. The molecule has 0 heterocycles. The van der Waals surface area contributed by atoms with Gasteiger partial charge in [0.25, 0.3) is 0 Å². The van der Waals surface area contributed by atoms with Gasteiger partial charge in [-0.05, 0) is 31.0 Å². The lowest BCUT2D eigenvalue weighted by atomic mass is 9.93. The monoisotopic (exact) mass is 323 g/mol. The van der Waals surface area contributed by atoms with E-state index in [1.807, 2.05) is 0 Å². The van der Waals surface area contributed by atoms with Crippen LogP contribution in [0.2, 0.25) is 0 Å². The van der Waals surface area contributed by atoms with Crippen LogP contribution in [0.4, 0.5) is 13.2 Å². The second-order valence-corrected chi connectivity index (χ2v) is 6.82. The van der Waals surface area contributed by atoms with Crippen molar-refractivity contribution in [1.82, 2.24) is 4.72 Å². The van der Waals surface area contributed by atoms with Gasteiger partial charge < -0.3 is 5.11 Å². The van der Waals surface area contributed by atoms with E-state index >= 15 is 0 Å². The third kappa shape index (κ3) is 3.96. The van der Waals surface area contributed by atoms with Gasteiger partial charge in [0.2, 0.25) is 10.0 Å². The summed E-state index contributed by atoms with van der Waals surface area (Å²) in [7, 11) is -4.09. The average molecular weight is 323 g/mol. The van der Waals surface area contributed by atoms with Gasteiger partial charge in [-0.1, -0.05) is 18.9 Å². The third-order valence-electron chi connectivity index (χ3n) is 3.51. The van der Waals surface area contributed by atoms with Crippen LogP contribution in [0.5, 0.6) is 0 Å². The normalized spacial score (nSPS) is 24.0. The van der Waals surface area contributed by atoms with E-state index in [-0.39, 0.29) is 0 Å². The molecule has 21 heavy (non-hydrogen) atoms. The Morgan fingerprint density at radius 2 is 1.86 bits per heavy atom. The second kappa shape index (κ2) is 5.94. The summed E-state index contributed by atoms with van der Waals surface area (Å²) in [6, 6.07) is 2.91. The van der Waals surface area contributed by atoms with Gasteiger partial charge in [0.15, 0.2) is 0 Å². The summed E-state index contributed by atoms with van der Waals surface area (Å²) in [5.41, 5.74) is -1.02. The fourth-order valence-corrected chi connectivity index (χ4v) is 3.71. The Morgan fingerprint density at radius 1 is 1.19 bits per heavy atom. The van der Waals surface area contributed by atoms with Crippen molar-refractivity contribution in [2.45, 2.75) is 48.9 Å². The van der Waals surface area contributed by atoms with Gasteiger partial charge in [-0.2, -0.15) is 13.2 Å². The minimum absolute atomic E-state index is 0.449. The van der Waals surface area contributed by atoms with E-state index in [4.69, 9.17) is 0 Å². The van der Waals surface area contributed by atoms with Crippen molar-refractivity contribution in [2.75, 3.05) is 0 Å². The lowest BCUT2D eigenvalue weighted by Crippen LogP contribution is -2.44. The quantitative estimate of drug-likeness (QED) is 0.897. The molecule has 2 rings (SSSR count). The Balaban J connectivity index is 2.23. The fraction of sp³-hybridized carbons (Fsp3) is 0.538. The Bertz CT molecular complexity index is 601. The molecular formula is C13H16F3NO3S. The van der Waals surface area contributed by atoms with Crippen LogP contribution in [-0.4, -0.2) is 25.7 Å². The van der Waals surface area contributed by atoms with E-state index < -0.39 is 38.8 Å². The van der Waals surface area contributed by atoms with Crippen molar-refractivity contribution in [3.8, 4) is 0 Å². The van der Waals surface area contributed by atoms with Gasteiger partial charge in [-0.3, -0.25) is 0 Å². The number of alkyl halides is 3. The van der Waals surface area contributed by atoms with Gasteiger partial charge >= 0.3 is 6.18 Å². The van der Waals surface area contributed by atoms with E-state index in [1.54, 1.807) is 0 Å². The average Bonchev–Trinajstić information content (AvgIpc) is 2.40. The SMILES string of the molecule is O=S(=O)(NC1CCCCC1O)c1cccc(C(F)(F)F)c1. The zero-order valence-corrected chi connectivity index (χ0v) is 11.9. The molecule has 1 fully saturated rings. The molecule has 1 aliphatic carbocycles. The minimum Gasteiger partial charge on any atom is -0.391 e. The molecule has 2 N–H and O–H groups in total. The first-order valence-electron chi connectivity index (χ1n) is 6.58. The smallest absolute Gasteiger partial charge is 0.391 e. The maximum Gasteiger partial charge on any atom is 0.416 e. The number of hydrogen-bond donors (Lipinski definition) is 2. The predicted molar refractivity (Wildman–Crippen MR) is 70.0 cm³/mol. The summed E-state index contributed by atoms with van der Waals surface area (Å²) < 4.78 is 64.4. The molecule has 0 aromatic heterocycles. The molecule has 0 spiro atoms. The molecule has 2 atom stereocenters. The molecule has 0 radical (unpaired) electrons. The van der Waals surface area contributed by atoms with Crippen molar-refractivity contribution >= 4 is 10.0 Å². The highest BCUT2D eigenvalue weighted by Crippen LogP contribution is 2.30. The standard InChI is InChI=1S/C13H16F3NO3S/c14-13(15,16)9-4-3-5-10(8-9)21(19,20)17-11-6-1-2-7-12(11)18/h3-5,8,11-12,17-18H,1-2,6-7H2. The number of aliphatic hydroxyl groups is 1. The molecule has 1 aliphatic rings. The Morgan fingerprint density at radius 3 is 2.48 bits per heavy atom. The van der Waals surface area contributed by atoms with E-state index in [2.05, 4.69) is 4.72 Å². The van der Waals surface area contributed by atoms with Crippen LogP contribution in [0.3, 0.4) is 0 Å². The first kappa shape index (κ1) is 16.3. The van der Waals surface area contributed by atoms with Crippen molar-refractivity contribution in [3.63, 3.8) is 0 Å². The van der Waals surface area contributed by atoms with Crippen LogP contribution in [0.25, 0.3) is 0 Å². The summed E-state index contributed by atoms with van der Waals surface area (Å²) in [4.78, 5) is -0.449. The molecule has 0 amide bonds. The van der Waals surface area contributed by atoms with Crippen molar-refractivity contribution in [3.05, 3.63) is 29.8 Å². The summed E-state index contributed by atoms with van der Waals surface area (Å²) in [6.45, 7) is 0. The fourth-order valence-electron chi connectivity index (χ4n) is 2.36. The minimum atomic E-state index is -4.60. The van der Waals surface area contributed by atoms with Crippen LogP contribution in [0.1, 0.15) is 31.2 Å². The van der Waals surface area contributed by atoms with Crippen molar-refractivity contribution in [2.24, 2.45) is 0 Å². The number of aliphatic hydroxyl groups excluding tert-OH is 1. The number of halogens is 3. The number of benzene rings is 1. The Hall–Kier alpha value is -1.12. The molecule has 4 nitrogen and oxygen atoms in total. The Labute approximate surface area is 121 Å². The topological polar surface area (TPSA) is 66.4 Å². The summed E-state index contributed by atoms with van der Waals surface area (Å²) in [5.74, 6) is 0. The highest BCUT2D eigenvalue weighted by Gasteiger charge is 2.33. The van der Waals surface area contributed by atoms with E-state index in [0.29, 0.717) is 18.9 Å². The predicted octanol–water partition coefficient (Wildman–Crippen LogP) is 2.29. The van der Waals surface area contributed by atoms with Gasteiger partial charge in [-0.25, -0.2) is 13.1 Å². The maximum atomic E-state index is 12.6. The van der Waals surface area contributed by atoms with Crippen LogP contribution in [0, 0.1) is 0 Å². The first-order chi connectivity index (χ1) is 9.70. The zero-order valence-electron chi connectivity index (χ0n) is 11.1. The molecule has 8 heteroatoms. The molecule has 0 bridgehead atoms. The number of hydrogen-bond acceptors (Lipinski definition) is 3. The molecule has 0 aliphatic heterocycles. The number of rotatable bonds is 3. The molecule has 1 aromatic carbocycles. The Kier molecular flexibility index (Phi) is 4.60. The lowest BCUT2D eigenvalue weighted by Gasteiger charge is -2.28. The van der Waals surface area contributed by atoms with Crippen molar-refractivity contribution in [1.29, 1.82) is 0 Å². The van der Waals surface area contributed by atoms with Gasteiger partial charge in [-0.15, -0.1) is 0 Å². The molecule has 0 saturated heterocycles. The largest absolute Gasteiger partial charge is 0.416 e. The number of nitrogens with one attached hydrogen (secondary N) is 1. The van der Waals surface area contributed by atoms with Crippen LogP contribution in [0.15, 0.2) is 29.2 Å². The molecule has 1 saturated carbocycles. The highest BCUT2D eigenvalue weighted by molar-refractivity contribution is 7.89. The van der Waals surface area contributed by atoms with Gasteiger partial charge in [0.05, 0.1) is 16.6 Å². The maximum absolute atomic E-state index is 12.6. The highest BCUT2D eigenvalue weighted by atomic mass is 32.2. The van der Waals surface area contributed by atoms with Crippen LogP contribution in [-0.2, 0) is 16.2 Å². The van der Waals surface area contributed by atoms with Crippen LogP contribution >= 0.6 is 0 Å². The molecule has 2 unspecified atom stereocenters. The zero-order chi connectivity index (χ0) is 15.7. The molecule has 118 valence electrons. The summed E-state index contributed by atoms with van der Waals surface area (Å²) >= 11 is 0. The molecule has 1 aromatic rings.